The van der Waals surface area contributed by atoms with Crippen molar-refractivity contribution in [3.8, 4) is 5.75 Å². The Morgan fingerprint density at radius 1 is 1.06 bits per heavy atom. The molecule has 0 bridgehead atoms. The normalized spacial score (nSPS) is 15.5. The van der Waals surface area contributed by atoms with E-state index in [2.05, 4.69) is 48.3 Å². The molecule has 1 aromatic rings. The number of nitrogens with zero attached hydrogens (tertiary/aromatic N) is 1. The predicted molar refractivity (Wildman–Crippen MR) is 140 cm³/mol. The molecule has 1 aliphatic heterocycles. The third-order valence-electron chi connectivity index (χ3n) is 6.27. The average molecular weight is 493 g/mol. The highest BCUT2D eigenvalue weighted by atomic mass is 16.6. The summed E-state index contributed by atoms with van der Waals surface area (Å²) in [5.74, 6) is 1.35. The van der Waals surface area contributed by atoms with Crippen molar-refractivity contribution in [3.05, 3.63) is 29.8 Å². The number of esters is 1. The van der Waals surface area contributed by atoms with Crippen molar-refractivity contribution in [2.24, 2.45) is 5.92 Å². The Bertz CT molecular complexity index is 692. The van der Waals surface area contributed by atoms with Gasteiger partial charge in [0.05, 0.1) is 19.3 Å². The molecule has 0 aliphatic carbocycles. The summed E-state index contributed by atoms with van der Waals surface area (Å²) in [7, 11) is 0. The third-order valence-corrected chi connectivity index (χ3v) is 6.27. The highest BCUT2D eigenvalue weighted by molar-refractivity contribution is 5.71. The Kier molecular flexibility index (Phi) is 13.6. The lowest BCUT2D eigenvalue weighted by atomic mass is 10.0. The van der Waals surface area contributed by atoms with Crippen molar-refractivity contribution in [1.82, 2.24) is 10.2 Å². The van der Waals surface area contributed by atoms with Crippen LogP contribution in [0.2, 0.25) is 0 Å². The summed E-state index contributed by atoms with van der Waals surface area (Å²) in [6.07, 6.45) is 4.72. The van der Waals surface area contributed by atoms with E-state index < -0.39 is 5.60 Å². The molecule has 1 heterocycles. The molecule has 0 atom stereocenters. The summed E-state index contributed by atoms with van der Waals surface area (Å²) >= 11 is 0. The molecule has 7 heteroatoms. The topological polar surface area (TPSA) is 69.3 Å². The highest BCUT2D eigenvalue weighted by Crippen LogP contribution is 2.15. The number of benzene rings is 1. The van der Waals surface area contributed by atoms with E-state index in [4.69, 9.17) is 18.9 Å². The summed E-state index contributed by atoms with van der Waals surface area (Å²) in [6, 6.07) is 8.43. The van der Waals surface area contributed by atoms with Gasteiger partial charge in [0.15, 0.2) is 0 Å². The van der Waals surface area contributed by atoms with Gasteiger partial charge in [0, 0.05) is 26.2 Å². The van der Waals surface area contributed by atoms with Crippen molar-refractivity contribution < 1.29 is 23.7 Å². The molecule has 200 valence electrons. The monoisotopic (exact) mass is 492 g/mol. The van der Waals surface area contributed by atoms with Crippen LogP contribution < -0.4 is 10.1 Å². The molecular formula is C28H48N2O5. The van der Waals surface area contributed by atoms with Crippen LogP contribution in [0.3, 0.4) is 0 Å². The number of hydrogen-bond acceptors (Lipinski definition) is 7. The van der Waals surface area contributed by atoms with Crippen molar-refractivity contribution in [2.75, 3.05) is 52.6 Å². The summed E-state index contributed by atoms with van der Waals surface area (Å²) in [5.41, 5.74) is 0.811. The van der Waals surface area contributed by atoms with Crippen LogP contribution in [0.25, 0.3) is 0 Å². The first-order valence-corrected chi connectivity index (χ1v) is 13.3. The third kappa shape index (κ3) is 13.3. The van der Waals surface area contributed by atoms with Crippen molar-refractivity contribution in [2.45, 2.75) is 78.6 Å². The average Bonchev–Trinajstić information content (AvgIpc) is 2.82. The van der Waals surface area contributed by atoms with Gasteiger partial charge in [0.2, 0.25) is 0 Å². The van der Waals surface area contributed by atoms with Crippen LogP contribution in [0.4, 0.5) is 0 Å². The standard InChI is InChI=1S/C28H48N2O5/c1-6-23(7-2)20-29-21-24-8-10-25(11-9-24)33-17-16-30-14-12-26(13-15-30)34-19-18-32-22-27(31)35-28(3,4)5/h8-11,23,26,29H,6-7,12-22H2,1-5H3. The first kappa shape index (κ1) is 29.6. The van der Waals surface area contributed by atoms with Gasteiger partial charge in [-0.3, -0.25) is 4.90 Å². The molecule has 0 saturated carbocycles. The first-order chi connectivity index (χ1) is 16.8. The molecule has 0 spiro atoms. The van der Waals surface area contributed by atoms with Crippen LogP contribution in [-0.4, -0.2) is 75.2 Å². The van der Waals surface area contributed by atoms with E-state index in [1.807, 2.05) is 20.8 Å². The summed E-state index contributed by atoms with van der Waals surface area (Å²) in [6.45, 7) is 16.5. The van der Waals surface area contributed by atoms with Crippen molar-refractivity contribution in [3.63, 3.8) is 0 Å². The number of ether oxygens (including phenoxy) is 4. The minimum absolute atomic E-state index is 0.0307. The lowest BCUT2D eigenvalue weighted by Gasteiger charge is -2.31. The second-order valence-electron chi connectivity index (χ2n) is 10.4. The van der Waals surface area contributed by atoms with E-state index in [0.29, 0.717) is 19.8 Å². The van der Waals surface area contributed by atoms with Crippen LogP contribution >= 0.6 is 0 Å². The fourth-order valence-corrected chi connectivity index (χ4v) is 4.09. The molecule has 0 amide bonds. The number of likely N-dealkylation sites (tertiary alicyclic amines) is 1. The van der Waals surface area contributed by atoms with Gasteiger partial charge in [-0.15, -0.1) is 0 Å². The molecule has 1 fully saturated rings. The molecule has 35 heavy (non-hydrogen) atoms. The van der Waals surface area contributed by atoms with Crippen LogP contribution in [0.15, 0.2) is 24.3 Å². The summed E-state index contributed by atoms with van der Waals surface area (Å²) in [5, 5.41) is 3.56. The van der Waals surface area contributed by atoms with Gasteiger partial charge in [-0.2, -0.15) is 0 Å². The highest BCUT2D eigenvalue weighted by Gasteiger charge is 2.20. The minimum Gasteiger partial charge on any atom is -0.492 e. The van der Waals surface area contributed by atoms with Crippen molar-refractivity contribution >= 4 is 5.97 Å². The molecule has 0 unspecified atom stereocenters. The fraction of sp³-hybridized carbons (Fsp3) is 0.750. The van der Waals surface area contributed by atoms with E-state index in [0.717, 1.165) is 57.2 Å². The lowest BCUT2D eigenvalue weighted by molar-refractivity contribution is -0.160. The summed E-state index contributed by atoms with van der Waals surface area (Å²) in [4.78, 5) is 14.0. The molecule has 2 rings (SSSR count). The Morgan fingerprint density at radius 2 is 1.74 bits per heavy atom. The van der Waals surface area contributed by atoms with E-state index in [1.165, 1.54) is 18.4 Å². The van der Waals surface area contributed by atoms with Crippen LogP contribution in [0, 0.1) is 5.92 Å². The quantitative estimate of drug-likeness (QED) is 0.270. The van der Waals surface area contributed by atoms with Crippen LogP contribution in [0.5, 0.6) is 5.75 Å². The molecule has 1 aliphatic rings. The van der Waals surface area contributed by atoms with E-state index in [-0.39, 0.29) is 18.7 Å². The van der Waals surface area contributed by atoms with Gasteiger partial charge >= 0.3 is 5.97 Å². The van der Waals surface area contributed by atoms with Gasteiger partial charge in [0.25, 0.3) is 0 Å². The maximum atomic E-state index is 11.6. The lowest BCUT2D eigenvalue weighted by Crippen LogP contribution is -2.39. The predicted octanol–water partition coefficient (Wildman–Crippen LogP) is 4.43. The zero-order valence-corrected chi connectivity index (χ0v) is 22.6. The Balaban J connectivity index is 1.50. The van der Waals surface area contributed by atoms with Gasteiger partial charge in [-0.05, 0) is 63.8 Å². The van der Waals surface area contributed by atoms with E-state index in [1.54, 1.807) is 0 Å². The number of carbonyl (C=O) groups excluding carboxylic acids is 1. The first-order valence-electron chi connectivity index (χ1n) is 13.3. The number of nitrogens with one attached hydrogen (secondary N) is 1. The molecule has 0 radical (unpaired) electrons. The largest absolute Gasteiger partial charge is 0.492 e. The van der Waals surface area contributed by atoms with Crippen molar-refractivity contribution in [1.29, 1.82) is 0 Å². The number of hydrogen-bond donors (Lipinski definition) is 1. The Morgan fingerprint density at radius 3 is 2.37 bits per heavy atom. The number of carbonyl (C=O) groups is 1. The maximum absolute atomic E-state index is 11.6. The zero-order chi connectivity index (χ0) is 25.5. The molecule has 0 aromatic heterocycles. The molecular weight excluding hydrogens is 444 g/mol. The SMILES string of the molecule is CCC(CC)CNCc1ccc(OCCN2CCC(OCCOCC(=O)OC(C)(C)C)CC2)cc1. The molecule has 7 nitrogen and oxygen atoms in total. The number of piperidine rings is 1. The minimum atomic E-state index is -0.482. The maximum Gasteiger partial charge on any atom is 0.332 e. The van der Waals surface area contributed by atoms with Crippen LogP contribution in [0.1, 0.15) is 65.9 Å². The van der Waals surface area contributed by atoms with E-state index >= 15 is 0 Å². The zero-order valence-electron chi connectivity index (χ0n) is 22.6. The van der Waals surface area contributed by atoms with Gasteiger partial charge in [0.1, 0.15) is 24.6 Å². The van der Waals surface area contributed by atoms with E-state index in [9.17, 15) is 4.79 Å². The Labute approximate surface area is 212 Å². The number of rotatable bonds is 16. The smallest absolute Gasteiger partial charge is 0.332 e. The summed E-state index contributed by atoms with van der Waals surface area (Å²) < 4.78 is 22.5. The molecule has 1 N–H and O–H groups in total. The fourth-order valence-electron chi connectivity index (χ4n) is 4.09. The van der Waals surface area contributed by atoms with Crippen LogP contribution in [-0.2, 0) is 25.5 Å². The molecule has 1 aromatic carbocycles. The Hall–Kier alpha value is -1.67. The second-order valence-corrected chi connectivity index (χ2v) is 10.4. The van der Waals surface area contributed by atoms with Gasteiger partial charge in [-0.25, -0.2) is 4.79 Å². The van der Waals surface area contributed by atoms with Gasteiger partial charge in [-0.1, -0.05) is 38.8 Å². The van der Waals surface area contributed by atoms with Gasteiger partial charge < -0.3 is 24.3 Å². The second kappa shape index (κ2) is 16.1. The molecule has 1 saturated heterocycles.